The molecule has 0 atom stereocenters. The smallest absolute Gasteiger partial charge is 0.416 e. The van der Waals surface area contributed by atoms with Crippen molar-refractivity contribution in [2.45, 2.75) is 12.4 Å². The third-order valence-electron chi connectivity index (χ3n) is 6.36. The summed E-state index contributed by atoms with van der Waals surface area (Å²) in [4.78, 5) is 40.4. The second-order valence-corrected chi connectivity index (χ2v) is 10.9. The van der Waals surface area contributed by atoms with Crippen LogP contribution in [0.25, 0.3) is 17.4 Å². The maximum absolute atomic E-state index is 13.2. The van der Waals surface area contributed by atoms with Crippen LogP contribution >= 0.6 is 24.0 Å². The van der Waals surface area contributed by atoms with E-state index in [2.05, 4.69) is 0 Å². The number of alkyl halides is 6. The van der Waals surface area contributed by atoms with Gasteiger partial charge in [0.05, 0.1) is 22.6 Å². The van der Waals surface area contributed by atoms with E-state index in [9.17, 15) is 40.7 Å². The fourth-order valence-corrected chi connectivity index (χ4v) is 5.48. The fraction of sp³-hybridized carbons (Fsp3) is 0.360. The van der Waals surface area contributed by atoms with Crippen LogP contribution in [0.15, 0.2) is 39.7 Å². The number of carbonyl (C=O) groups excluding carboxylic acids is 2. The molecule has 1 N–H and O–H groups in total. The number of carboxylic acid groups (broad SMARTS) is 1. The van der Waals surface area contributed by atoms with E-state index in [0.29, 0.717) is 44.9 Å². The van der Waals surface area contributed by atoms with Gasteiger partial charge in [-0.2, -0.15) is 26.3 Å². The molecule has 2 saturated heterocycles. The van der Waals surface area contributed by atoms with Crippen LogP contribution in [0.4, 0.5) is 26.3 Å². The van der Waals surface area contributed by atoms with Crippen molar-refractivity contribution in [2.24, 2.45) is 0 Å². The number of hydrogen-bond donors (Lipinski definition) is 1. The Morgan fingerprint density at radius 3 is 2.10 bits per heavy atom. The van der Waals surface area contributed by atoms with E-state index in [1.165, 1.54) is 23.1 Å². The largest absolute Gasteiger partial charge is 0.475 e. The molecule has 2 fully saturated rings. The Hall–Kier alpha value is -3.21. The van der Waals surface area contributed by atoms with Crippen molar-refractivity contribution in [3.05, 3.63) is 52.1 Å². The van der Waals surface area contributed by atoms with Crippen molar-refractivity contribution in [1.29, 1.82) is 0 Å². The molecule has 1 aromatic carbocycles. The predicted molar refractivity (Wildman–Crippen MR) is 140 cm³/mol. The van der Waals surface area contributed by atoms with Gasteiger partial charge in [-0.3, -0.25) is 24.3 Å². The molecule has 0 bridgehead atoms. The zero-order valence-electron chi connectivity index (χ0n) is 20.9. The standard InChI is InChI=1S/C25H21F6N3O5S2/c26-24(27,28)15-9-14(10-16(11-15)25(29,30)31)19-2-1-17(39-19)12-20-21(36)34(23(40)41-20)8-7-32-3-5-33(6-4-32)13-18(35)22(37)38/h1-2,9-12H,3-8,13H2,(H,37,38)/b20-12-. The third-order valence-corrected chi connectivity index (χ3v) is 7.73. The summed E-state index contributed by atoms with van der Waals surface area (Å²) >= 11 is 6.29. The number of rotatable bonds is 8. The Bertz CT molecular complexity index is 1360. The molecule has 0 aliphatic carbocycles. The van der Waals surface area contributed by atoms with E-state index in [-0.39, 0.29) is 39.9 Å². The lowest BCUT2D eigenvalue weighted by molar-refractivity contribution is -0.149. The van der Waals surface area contributed by atoms with Crippen LogP contribution in [0.1, 0.15) is 16.9 Å². The first-order valence-electron chi connectivity index (χ1n) is 12.0. The van der Waals surface area contributed by atoms with Gasteiger partial charge in [-0.25, -0.2) is 4.79 Å². The highest BCUT2D eigenvalue weighted by Gasteiger charge is 2.37. The Morgan fingerprint density at radius 1 is 0.951 bits per heavy atom. The highest BCUT2D eigenvalue weighted by molar-refractivity contribution is 8.26. The zero-order valence-corrected chi connectivity index (χ0v) is 22.6. The number of carboxylic acids is 1. The van der Waals surface area contributed by atoms with Crippen molar-refractivity contribution in [3.8, 4) is 11.3 Å². The van der Waals surface area contributed by atoms with Gasteiger partial charge in [0.15, 0.2) is 0 Å². The van der Waals surface area contributed by atoms with Crippen molar-refractivity contribution in [1.82, 2.24) is 14.7 Å². The van der Waals surface area contributed by atoms with E-state index in [4.69, 9.17) is 21.7 Å². The molecule has 0 radical (unpaired) electrons. The molecule has 1 amide bonds. The summed E-state index contributed by atoms with van der Waals surface area (Å²) in [7, 11) is 0. The molecule has 0 unspecified atom stereocenters. The summed E-state index contributed by atoms with van der Waals surface area (Å²) in [6.45, 7) is 2.61. The minimum absolute atomic E-state index is 0.0268. The number of hydrogen-bond acceptors (Lipinski definition) is 8. The molecule has 0 spiro atoms. The highest BCUT2D eigenvalue weighted by atomic mass is 32.2. The number of furan rings is 1. The average molecular weight is 622 g/mol. The van der Waals surface area contributed by atoms with E-state index >= 15 is 0 Å². The van der Waals surface area contributed by atoms with Crippen LogP contribution in [0.5, 0.6) is 0 Å². The number of nitrogens with zero attached hydrogens (tertiary/aromatic N) is 3. The van der Waals surface area contributed by atoms with Gasteiger partial charge in [-0.1, -0.05) is 24.0 Å². The van der Waals surface area contributed by atoms with Crippen LogP contribution in [0.2, 0.25) is 0 Å². The molecule has 4 rings (SSSR count). The predicted octanol–water partition coefficient (Wildman–Crippen LogP) is 4.46. The number of thioether (sulfide) groups is 1. The number of Topliss-reactive ketones (excluding diaryl/α,β-unsaturated/α-hetero) is 1. The number of carbonyl (C=O) groups is 3. The number of ketones is 1. The molecule has 220 valence electrons. The van der Waals surface area contributed by atoms with Gasteiger partial charge in [0.1, 0.15) is 15.8 Å². The maximum Gasteiger partial charge on any atom is 0.416 e. The average Bonchev–Trinajstić information content (AvgIpc) is 3.46. The number of thiocarbonyl (C=S) groups is 1. The first-order chi connectivity index (χ1) is 19.1. The number of piperazine rings is 1. The minimum atomic E-state index is -5.01. The van der Waals surface area contributed by atoms with Crippen LogP contribution < -0.4 is 0 Å². The normalized spacial score (nSPS) is 18.5. The summed E-state index contributed by atoms with van der Waals surface area (Å²) in [5.41, 5.74) is -3.38. The van der Waals surface area contributed by atoms with Gasteiger partial charge >= 0.3 is 18.3 Å². The minimum Gasteiger partial charge on any atom is -0.475 e. The van der Waals surface area contributed by atoms with Crippen molar-refractivity contribution >= 4 is 52.0 Å². The van der Waals surface area contributed by atoms with Crippen molar-refractivity contribution < 1.29 is 50.2 Å². The fourth-order valence-electron chi connectivity index (χ4n) is 4.19. The highest BCUT2D eigenvalue weighted by Crippen LogP contribution is 2.39. The van der Waals surface area contributed by atoms with Crippen molar-refractivity contribution in [3.63, 3.8) is 0 Å². The summed E-state index contributed by atoms with van der Waals surface area (Å²) < 4.78 is 85.0. The topological polar surface area (TPSA) is 94.3 Å². The van der Waals surface area contributed by atoms with Crippen LogP contribution in [-0.2, 0) is 26.7 Å². The quantitative estimate of drug-likeness (QED) is 0.199. The molecule has 3 heterocycles. The lowest BCUT2D eigenvalue weighted by Gasteiger charge is -2.34. The maximum atomic E-state index is 13.2. The number of halogens is 6. The molecule has 2 aliphatic heterocycles. The van der Waals surface area contributed by atoms with Crippen LogP contribution in [-0.4, -0.2) is 87.6 Å². The van der Waals surface area contributed by atoms with E-state index in [1.807, 2.05) is 4.90 Å². The van der Waals surface area contributed by atoms with E-state index in [0.717, 1.165) is 11.8 Å². The second kappa shape index (κ2) is 12.0. The summed E-state index contributed by atoms with van der Waals surface area (Å²) in [5, 5.41) is 8.74. The van der Waals surface area contributed by atoms with Crippen LogP contribution in [0, 0.1) is 0 Å². The first-order valence-corrected chi connectivity index (χ1v) is 13.2. The van der Waals surface area contributed by atoms with Crippen LogP contribution in [0.3, 0.4) is 0 Å². The Labute approximate surface area is 238 Å². The van der Waals surface area contributed by atoms with Gasteiger partial charge in [-0.05, 0) is 30.3 Å². The van der Waals surface area contributed by atoms with Gasteiger partial charge in [0.2, 0.25) is 0 Å². The molecule has 41 heavy (non-hydrogen) atoms. The van der Waals surface area contributed by atoms with Gasteiger partial charge in [0, 0.05) is 50.9 Å². The SMILES string of the molecule is O=C(O)C(=O)CN1CCN(CCN2C(=O)/C(=C/c3ccc(-c4cc(C(F)(F)F)cc(C(F)(F)F)c4)o3)SC2=S)CC1. The van der Waals surface area contributed by atoms with Gasteiger partial charge in [0.25, 0.3) is 11.7 Å². The monoisotopic (exact) mass is 621 g/mol. The zero-order chi connectivity index (χ0) is 30.1. The Balaban J connectivity index is 1.40. The van der Waals surface area contributed by atoms with E-state index in [1.54, 1.807) is 4.90 Å². The lowest BCUT2D eigenvalue weighted by atomic mass is 10.0. The Kier molecular flexibility index (Phi) is 8.96. The molecule has 0 saturated carbocycles. The molecule has 16 heteroatoms. The van der Waals surface area contributed by atoms with E-state index < -0.39 is 46.7 Å². The molecular weight excluding hydrogens is 600 g/mol. The molecular formula is C25H21F6N3O5S2. The summed E-state index contributed by atoms with van der Waals surface area (Å²) in [6, 6.07) is 3.68. The molecule has 8 nitrogen and oxygen atoms in total. The number of aliphatic carboxylic acids is 1. The van der Waals surface area contributed by atoms with Gasteiger partial charge < -0.3 is 9.52 Å². The number of amides is 1. The first kappa shape index (κ1) is 30.7. The summed E-state index contributed by atoms with van der Waals surface area (Å²) in [5.74, 6) is -2.99. The summed E-state index contributed by atoms with van der Waals surface area (Å²) in [6.07, 6.45) is -8.70. The number of benzene rings is 1. The molecule has 2 aliphatic rings. The van der Waals surface area contributed by atoms with Crippen molar-refractivity contribution in [2.75, 3.05) is 45.8 Å². The third kappa shape index (κ3) is 7.55. The molecule has 2 aromatic rings. The lowest BCUT2D eigenvalue weighted by Crippen LogP contribution is -2.50. The molecule has 1 aromatic heterocycles. The van der Waals surface area contributed by atoms with Gasteiger partial charge in [-0.15, -0.1) is 0 Å². The second-order valence-electron chi connectivity index (χ2n) is 9.18. The Morgan fingerprint density at radius 2 is 1.54 bits per heavy atom.